The molecule has 1 aliphatic heterocycles. The molecule has 0 unspecified atom stereocenters. The van der Waals surface area contributed by atoms with Gasteiger partial charge in [-0.1, -0.05) is 17.3 Å². The van der Waals surface area contributed by atoms with Gasteiger partial charge in [-0.15, -0.1) is 5.10 Å². The molecule has 0 spiro atoms. The predicted octanol–water partition coefficient (Wildman–Crippen LogP) is 1.65. The Labute approximate surface area is 166 Å². The Morgan fingerprint density at radius 2 is 2.11 bits per heavy atom. The molecular formula is C18H20ClN7O2. The number of benzene rings is 1. The van der Waals surface area contributed by atoms with Crippen molar-refractivity contribution in [3.63, 3.8) is 0 Å². The van der Waals surface area contributed by atoms with E-state index in [2.05, 4.69) is 30.5 Å². The maximum Gasteiger partial charge on any atom is 0.226 e. The van der Waals surface area contributed by atoms with Gasteiger partial charge in [0.05, 0.1) is 13.7 Å². The van der Waals surface area contributed by atoms with E-state index in [1.807, 2.05) is 24.3 Å². The van der Waals surface area contributed by atoms with E-state index in [0.29, 0.717) is 30.1 Å². The van der Waals surface area contributed by atoms with E-state index >= 15 is 0 Å². The molecule has 0 bridgehead atoms. The lowest BCUT2D eigenvalue weighted by atomic mass is 10.2. The van der Waals surface area contributed by atoms with Gasteiger partial charge in [0.2, 0.25) is 11.2 Å². The third kappa shape index (κ3) is 3.70. The van der Waals surface area contributed by atoms with Crippen molar-refractivity contribution in [2.24, 2.45) is 0 Å². The lowest BCUT2D eigenvalue weighted by Gasteiger charge is -2.17. The van der Waals surface area contributed by atoms with Crippen LogP contribution in [-0.4, -0.2) is 57.1 Å². The molecule has 1 atom stereocenters. The fraction of sp³-hybridized carbons (Fsp3) is 0.389. The lowest BCUT2D eigenvalue weighted by molar-refractivity contribution is -0.119. The van der Waals surface area contributed by atoms with Crippen molar-refractivity contribution in [1.29, 1.82) is 0 Å². The molecule has 1 amide bonds. The molecule has 1 fully saturated rings. The zero-order valence-corrected chi connectivity index (χ0v) is 16.3. The maximum atomic E-state index is 11.3. The van der Waals surface area contributed by atoms with E-state index in [4.69, 9.17) is 16.3 Å². The molecule has 2 aromatic heterocycles. The average molecular weight is 402 g/mol. The zero-order chi connectivity index (χ0) is 19.7. The number of hydrogen-bond acceptors (Lipinski definition) is 7. The van der Waals surface area contributed by atoms with Crippen LogP contribution in [0.5, 0.6) is 5.75 Å². The first kappa shape index (κ1) is 18.4. The van der Waals surface area contributed by atoms with Gasteiger partial charge in [0.25, 0.3) is 0 Å². The highest BCUT2D eigenvalue weighted by Gasteiger charge is 2.27. The van der Waals surface area contributed by atoms with Crippen LogP contribution in [0.3, 0.4) is 0 Å². The van der Waals surface area contributed by atoms with Gasteiger partial charge in [-0.2, -0.15) is 9.97 Å². The topological polar surface area (TPSA) is 98.1 Å². The summed E-state index contributed by atoms with van der Waals surface area (Å²) in [6.07, 6.45) is 0.836. The SMILES string of the molecule is COc1ccc(Cn2nnc3c(N4CC[C@H](NC(C)=O)C4)nc(Cl)nc32)cc1. The van der Waals surface area contributed by atoms with Crippen molar-refractivity contribution in [2.45, 2.75) is 25.9 Å². The van der Waals surface area contributed by atoms with Crippen molar-refractivity contribution < 1.29 is 9.53 Å². The number of halogens is 1. The Balaban J connectivity index is 1.62. The molecule has 146 valence electrons. The van der Waals surface area contributed by atoms with Gasteiger partial charge in [-0.3, -0.25) is 4.79 Å². The third-order valence-electron chi connectivity index (χ3n) is 4.70. The predicted molar refractivity (Wildman–Crippen MR) is 105 cm³/mol. The monoisotopic (exact) mass is 401 g/mol. The summed E-state index contributed by atoms with van der Waals surface area (Å²) in [4.78, 5) is 22.1. The van der Waals surface area contributed by atoms with Crippen molar-refractivity contribution in [1.82, 2.24) is 30.3 Å². The summed E-state index contributed by atoms with van der Waals surface area (Å²) in [5.41, 5.74) is 2.21. The Kier molecular flexibility index (Phi) is 4.99. The average Bonchev–Trinajstić information content (AvgIpc) is 3.29. The van der Waals surface area contributed by atoms with Crippen LogP contribution in [0.25, 0.3) is 11.2 Å². The number of carbonyl (C=O) groups excluding carboxylic acids is 1. The minimum absolute atomic E-state index is 0.0387. The summed E-state index contributed by atoms with van der Waals surface area (Å²) in [5.74, 6) is 1.40. The summed E-state index contributed by atoms with van der Waals surface area (Å²) in [6, 6.07) is 7.81. The molecule has 3 aromatic rings. The van der Waals surface area contributed by atoms with E-state index in [1.54, 1.807) is 11.8 Å². The number of amides is 1. The van der Waals surface area contributed by atoms with Crippen LogP contribution in [-0.2, 0) is 11.3 Å². The molecule has 4 rings (SSSR count). The number of nitrogens with one attached hydrogen (secondary N) is 1. The second-order valence-corrected chi connectivity index (χ2v) is 7.05. The van der Waals surface area contributed by atoms with E-state index in [9.17, 15) is 4.79 Å². The Bertz CT molecular complexity index is 1010. The first-order chi connectivity index (χ1) is 13.5. The van der Waals surface area contributed by atoms with Gasteiger partial charge in [0.15, 0.2) is 17.0 Å². The number of carbonyl (C=O) groups is 1. The van der Waals surface area contributed by atoms with E-state index in [-0.39, 0.29) is 17.2 Å². The van der Waals surface area contributed by atoms with Crippen molar-refractivity contribution >= 4 is 34.5 Å². The number of rotatable bonds is 5. The number of anilines is 1. The van der Waals surface area contributed by atoms with Crippen molar-refractivity contribution in [3.05, 3.63) is 35.1 Å². The molecule has 1 aliphatic rings. The summed E-state index contributed by atoms with van der Waals surface area (Å²) in [5, 5.41) is 11.6. The fourth-order valence-corrected chi connectivity index (χ4v) is 3.57. The summed E-state index contributed by atoms with van der Waals surface area (Å²) >= 11 is 6.19. The molecule has 3 heterocycles. The van der Waals surface area contributed by atoms with Crippen LogP contribution < -0.4 is 15.0 Å². The summed E-state index contributed by atoms with van der Waals surface area (Å²) < 4.78 is 6.90. The standard InChI is InChI=1S/C18H20ClN7O2/c1-11(27)20-13-7-8-25(10-13)16-15-17(22-18(19)21-16)26(24-23-15)9-12-3-5-14(28-2)6-4-12/h3-6,13H,7-10H2,1-2H3,(H,20,27)/t13-/m0/s1. The van der Waals surface area contributed by atoms with Crippen molar-refractivity contribution in [3.8, 4) is 5.75 Å². The number of fused-ring (bicyclic) bond motifs is 1. The fourth-order valence-electron chi connectivity index (χ4n) is 3.40. The number of nitrogens with zero attached hydrogens (tertiary/aromatic N) is 6. The minimum Gasteiger partial charge on any atom is -0.497 e. The second-order valence-electron chi connectivity index (χ2n) is 6.72. The van der Waals surface area contributed by atoms with E-state index in [0.717, 1.165) is 24.3 Å². The van der Waals surface area contributed by atoms with Gasteiger partial charge < -0.3 is 15.0 Å². The molecule has 0 aliphatic carbocycles. The van der Waals surface area contributed by atoms with Crippen LogP contribution in [0.15, 0.2) is 24.3 Å². The minimum atomic E-state index is -0.0387. The van der Waals surface area contributed by atoms with E-state index in [1.165, 1.54) is 6.92 Å². The number of hydrogen-bond donors (Lipinski definition) is 1. The molecule has 28 heavy (non-hydrogen) atoms. The maximum absolute atomic E-state index is 11.3. The summed E-state index contributed by atoms with van der Waals surface area (Å²) in [7, 11) is 1.63. The van der Waals surface area contributed by atoms with E-state index < -0.39 is 0 Å². The van der Waals surface area contributed by atoms with Crippen LogP contribution >= 0.6 is 11.6 Å². The first-order valence-corrected chi connectivity index (χ1v) is 9.33. The molecule has 1 aromatic carbocycles. The molecule has 10 heteroatoms. The number of aromatic nitrogens is 5. The highest BCUT2D eigenvalue weighted by atomic mass is 35.5. The largest absolute Gasteiger partial charge is 0.497 e. The first-order valence-electron chi connectivity index (χ1n) is 8.95. The quantitative estimate of drug-likeness (QED) is 0.649. The molecule has 0 saturated carbocycles. The van der Waals surface area contributed by atoms with Gasteiger partial charge in [0.1, 0.15) is 5.75 Å². The van der Waals surface area contributed by atoms with Gasteiger partial charge >= 0.3 is 0 Å². The lowest BCUT2D eigenvalue weighted by Crippen LogP contribution is -2.35. The Hall–Kier alpha value is -2.94. The molecule has 1 saturated heterocycles. The third-order valence-corrected chi connectivity index (χ3v) is 4.87. The Morgan fingerprint density at radius 3 is 2.82 bits per heavy atom. The molecule has 9 nitrogen and oxygen atoms in total. The second kappa shape index (κ2) is 7.59. The highest BCUT2D eigenvalue weighted by Crippen LogP contribution is 2.27. The van der Waals surface area contributed by atoms with Crippen molar-refractivity contribution in [2.75, 3.05) is 25.1 Å². The van der Waals surface area contributed by atoms with Crippen LogP contribution in [0, 0.1) is 0 Å². The normalized spacial score (nSPS) is 16.5. The summed E-state index contributed by atoms with van der Waals surface area (Å²) in [6.45, 7) is 3.42. The zero-order valence-electron chi connectivity index (χ0n) is 15.6. The van der Waals surface area contributed by atoms with Crippen LogP contribution in [0.1, 0.15) is 18.9 Å². The van der Waals surface area contributed by atoms with Gasteiger partial charge in [0, 0.05) is 26.1 Å². The number of ether oxygens (including phenoxy) is 1. The van der Waals surface area contributed by atoms with Crippen LogP contribution in [0.4, 0.5) is 5.82 Å². The van der Waals surface area contributed by atoms with Crippen LogP contribution in [0.2, 0.25) is 5.28 Å². The molecular weight excluding hydrogens is 382 g/mol. The van der Waals surface area contributed by atoms with Gasteiger partial charge in [-0.05, 0) is 35.7 Å². The number of methoxy groups -OCH3 is 1. The smallest absolute Gasteiger partial charge is 0.226 e. The molecule has 0 radical (unpaired) electrons. The Morgan fingerprint density at radius 1 is 1.32 bits per heavy atom. The highest BCUT2D eigenvalue weighted by molar-refractivity contribution is 6.28. The van der Waals surface area contributed by atoms with Gasteiger partial charge in [-0.25, -0.2) is 4.68 Å². The molecule has 1 N–H and O–H groups in total.